The molecule has 3 atom stereocenters. The van der Waals surface area contributed by atoms with E-state index in [2.05, 4.69) is 13.8 Å². The van der Waals surface area contributed by atoms with Crippen molar-refractivity contribution >= 4 is 34.9 Å². The molecule has 1 aliphatic rings. The molecule has 1 saturated carbocycles. The minimum Gasteiger partial charge on any atom is -0.480 e. The Bertz CT molecular complexity index is 354. The topological polar surface area (TPSA) is 66.8 Å². The highest BCUT2D eigenvalue weighted by atomic mass is 127. The normalized spacial score (nSPS) is 27.0. The van der Waals surface area contributed by atoms with Crippen molar-refractivity contribution in [2.45, 2.75) is 71.4 Å². The van der Waals surface area contributed by atoms with Crippen LogP contribution in [-0.2, 0) is 9.53 Å². The van der Waals surface area contributed by atoms with Crippen LogP contribution in [0.25, 0.3) is 0 Å². The van der Waals surface area contributed by atoms with Crippen molar-refractivity contribution in [3.05, 3.63) is 0 Å². The van der Waals surface area contributed by atoms with Crippen LogP contribution >= 0.6 is 22.9 Å². The van der Waals surface area contributed by atoms with E-state index >= 15 is 0 Å². The summed E-state index contributed by atoms with van der Waals surface area (Å²) in [4.78, 5) is 23.5. The average molecular weight is 411 g/mol. The zero-order chi connectivity index (χ0) is 16.0. The first-order valence-electron chi connectivity index (χ1n) is 7.73. The van der Waals surface area contributed by atoms with E-state index in [4.69, 9.17) is 4.74 Å². The van der Waals surface area contributed by atoms with Crippen molar-refractivity contribution in [1.29, 1.82) is 0 Å². The van der Waals surface area contributed by atoms with Crippen molar-refractivity contribution in [2.75, 3.05) is 0 Å². The number of hydrogen-bond donors (Lipinski definition) is 1. The second kappa shape index (κ2) is 8.80. The van der Waals surface area contributed by atoms with Gasteiger partial charge in [-0.15, -0.1) is 0 Å². The van der Waals surface area contributed by atoms with E-state index in [0.29, 0.717) is 18.3 Å². The fourth-order valence-electron chi connectivity index (χ4n) is 3.02. The molecule has 1 fully saturated rings. The minimum absolute atomic E-state index is 0.0888. The van der Waals surface area contributed by atoms with Crippen molar-refractivity contribution in [2.24, 2.45) is 11.8 Å². The second-order valence-electron chi connectivity index (χ2n) is 6.23. The Balaban J connectivity index is 2.57. The lowest BCUT2D eigenvalue weighted by molar-refractivity contribution is -0.141. The Morgan fingerprint density at radius 2 is 1.86 bits per heavy atom. The second-order valence-corrected chi connectivity index (χ2v) is 7.27. The van der Waals surface area contributed by atoms with E-state index < -0.39 is 18.1 Å². The number of aliphatic carboxylic acids is 1. The summed E-state index contributed by atoms with van der Waals surface area (Å²) in [5.41, 5.74) is 0. The molecule has 3 unspecified atom stereocenters. The van der Waals surface area contributed by atoms with E-state index in [1.54, 1.807) is 22.9 Å². The van der Waals surface area contributed by atoms with Crippen molar-refractivity contribution in [1.82, 2.24) is 3.11 Å². The average Bonchev–Trinajstić information content (AvgIpc) is 2.37. The summed E-state index contributed by atoms with van der Waals surface area (Å²) < 4.78 is 6.73. The molecule has 1 amide bonds. The maximum absolute atomic E-state index is 12.2. The van der Waals surface area contributed by atoms with Gasteiger partial charge in [0.2, 0.25) is 0 Å². The molecule has 122 valence electrons. The van der Waals surface area contributed by atoms with Crippen molar-refractivity contribution in [3.8, 4) is 0 Å². The van der Waals surface area contributed by atoms with Crippen LogP contribution in [0.5, 0.6) is 0 Å². The Labute approximate surface area is 140 Å². The predicted molar refractivity (Wildman–Crippen MR) is 89.3 cm³/mol. The van der Waals surface area contributed by atoms with Crippen LogP contribution < -0.4 is 0 Å². The number of unbranched alkanes of at least 4 members (excludes halogenated alkanes) is 1. The van der Waals surface area contributed by atoms with Gasteiger partial charge in [-0.1, -0.05) is 33.6 Å². The van der Waals surface area contributed by atoms with Crippen LogP contribution in [0.15, 0.2) is 0 Å². The van der Waals surface area contributed by atoms with Crippen molar-refractivity contribution < 1.29 is 19.4 Å². The standard InChI is InChI=1S/C15H26INO4/c1-4-5-6-13(14(18)19)17(16)15(20)21-12-8-10(2)7-11(3)9-12/h10-13H,4-9H2,1-3H3,(H,18,19). The van der Waals surface area contributed by atoms with Gasteiger partial charge < -0.3 is 9.84 Å². The van der Waals surface area contributed by atoms with Crippen LogP contribution in [0.1, 0.15) is 59.3 Å². The Morgan fingerprint density at radius 1 is 1.29 bits per heavy atom. The molecule has 5 nitrogen and oxygen atoms in total. The molecule has 0 aromatic carbocycles. The zero-order valence-corrected chi connectivity index (χ0v) is 15.2. The summed E-state index contributed by atoms with van der Waals surface area (Å²) >= 11 is 1.77. The number of amides is 1. The maximum atomic E-state index is 12.2. The lowest BCUT2D eigenvalue weighted by Crippen LogP contribution is -2.41. The molecule has 0 aliphatic heterocycles. The molecule has 0 bridgehead atoms. The van der Waals surface area contributed by atoms with E-state index in [-0.39, 0.29) is 6.10 Å². The number of rotatable bonds is 6. The number of halogens is 1. The van der Waals surface area contributed by atoms with Gasteiger partial charge in [-0.05, 0) is 37.5 Å². The number of carbonyl (C=O) groups is 2. The fraction of sp³-hybridized carbons (Fsp3) is 0.867. The van der Waals surface area contributed by atoms with Crippen LogP contribution in [0.2, 0.25) is 0 Å². The largest absolute Gasteiger partial charge is 0.480 e. The summed E-state index contributed by atoms with van der Waals surface area (Å²) in [6.45, 7) is 6.33. The molecule has 1 aliphatic carbocycles. The molecular weight excluding hydrogens is 385 g/mol. The molecule has 0 heterocycles. The van der Waals surface area contributed by atoms with Gasteiger partial charge in [0.25, 0.3) is 0 Å². The summed E-state index contributed by atoms with van der Waals surface area (Å²) in [6, 6.07) is -0.809. The highest BCUT2D eigenvalue weighted by molar-refractivity contribution is 14.1. The SMILES string of the molecule is CCCCC(C(=O)O)N(I)C(=O)OC1CC(C)CC(C)C1. The monoisotopic (exact) mass is 411 g/mol. The molecule has 1 rings (SSSR count). The van der Waals surface area contributed by atoms with Gasteiger partial charge in [-0.3, -0.25) is 0 Å². The highest BCUT2D eigenvalue weighted by Crippen LogP contribution is 2.31. The molecule has 0 saturated heterocycles. The summed E-state index contributed by atoms with van der Waals surface area (Å²) in [7, 11) is 0. The summed E-state index contributed by atoms with van der Waals surface area (Å²) in [5.74, 6) is 0.120. The maximum Gasteiger partial charge on any atom is 0.419 e. The van der Waals surface area contributed by atoms with Crippen LogP contribution in [0.4, 0.5) is 4.79 Å². The molecule has 0 aromatic rings. The van der Waals surface area contributed by atoms with Crippen molar-refractivity contribution in [3.63, 3.8) is 0 Å². The third-order valence-electron chi connectivity index (χ3n) is 3.97. The van der Waals surface area contributed by atoms with Gasteiger partial charge in [0.1, 0.15) is 12.1 Å². The first kappa shape index (κ1) is 18.5. The van der Waals surface area contributed by atoms with E-state index in [1.807, 2.05) is 6.92 Å². The molecule has 1 N–H and O–H groups in total. The van der Waals surface area contributed by atoms with Gasteiger partial charge in [0.05, 0.1) is 22.9 Å². The lowest BCUT2D eigenvalue weighted by Gasteiger charge is -2.32. The number of carboxylic acid groups (broad SMARTS) is 1. The minimum atomic E-state index is -0.972. The molecule has 21 heavy (non-hydrogen) atoms. The van der Waals surface area contributed by atoms with Crippen LogP contribution in [0.3, 0.4) is 0 Å². The smallest absolute Gasteiger partial charge is 0.419 e. The summed E-state index contributed by atoms with van der Waals surface area (Å²) in [6.07, 6.45) is 4.43. The summed E-state index contributed by atoms with van der Waals surface area (Å²) in [5, 5.41) is 9.25. The Kier molecular flexibility index (Phi) is 7.76. The van der Waals surface area contributed by atoms with Gasteiger partial charge in [-0.25, -0.2) is 12.7 Å². The zero-order valence-electron chi connectivity index (χ0n) is 13.0. The van der Waals surface area contributed by atoms with Gasteiger partial charge in [0, 0.05) is 0 Å². The predicted octanol–water partition coefficient (Wildman–Crippen LogP) is 4.24. The van der Waals surface area contributed by atoms with Gasteiger partial charge in [-0.2, -0.15) is 0 Å². The van der Waals surface area contributed by atoms with E-state index in [9.17, 15) is 14.7 Å². The quantitative estimate of drug-likeness (QED) is 0.525. The van der Waals surface area contributed by atoms with Crippen LogP contribution in [-0.4, -0.2) is 32.4 Å². The molecular formula is C15H26INO4. The first-order chi connectivity index (χ1) is 9.85. The fourth-order valence-corrected chi connectivity index (χ4v) is 3.65. The highest BCUT2D eigenvalue weighted by Gasteiger charge is 2.32. The number of ether oxygens (including phenoxy) is 1. The molecule has 6 heteroatoms. The van der Waals surface area contributed by atoms with Gasteiger partial charge in [0.15, 0.2) is 0 Å². The number of nitrogens with zero attached hydrogens (tertiary/aromatic N) is 1. The third kappa shape index (κ3) is 6.00. The number of hydrogen-bond acceptors (Lipinski definition) is 3. The van der Waals surface area contributed by atoms with Gasteiger partial charge >= 0.3 is 12.1 Å². The number of carbonyl (C=O) groups excluding carboxylic acids is 1. The van der Waals surface area contributed by atoms with E-state index in [1.165, 1.54) is 3.11 Å². The number of carboxylic acids is 1. The molecule has 0 spiro atoms. The lowest BCUT2D eigenvalue weighted by atomic mass is 9.82. The van der Waals surface area contributed by atoms with Crippen LogP contribution in [0, 0.1) is 11.8 Å². The van der Waals surface area contributed by atoms with E-state index in [0.717, 1.165) is 32.1 Å². The first-order valence-corrected chi connectivity index (χ1v) is 8.70. The Hall–Kier alpha value is -0.530. The molecule has 0 aromatic heterocycles. The molecule has 0 radical (unpaired) electrons. The third-order valence-corrected chi connectivity index (χ3v) is 5.03. The Morgan fingerprint density at radius 3 is 2.33 bits per heavy atom.